The molecule has 0 radical (unpaired) electrons. The van der Waals surface area contributed by atoms with Crippen molar-refractivity contribution in [1.82, 2.24) is 4.90 Å². The molecule has 3 rings (SSSR count). The number of aryl methyl sites for hydroxylation is 1. The molecule has 2 aromatic carbocycles. The smallest absolute Gasteiger partial charge is 0.323 e. The number of aliphatic carboxylic acids is 1. The predicted molar refractivity (Wildman–Crippen MR) is 99.3 cm³/mol. The molecule has 1 atom stereocenters. The molecule has 1 aliphatic heterocycles. The SMILES string of the molecule is Cc1ccc(C(O)=C2C(=O)C(=O)N(CC(=O)O)[C@@H]2c2ccc(Cl)cc2)cc1. The van der Waals surface area contributed by atoms with Crippen molar-refractivity contribution >= 4 is 35.0 Å². The number of amides is 1. The van der Waals surface area contributed by atoms with E-state index in [9.17, 15) is 19.5 Å². The summed E-state index contributed by atoms with van der Waals surface area (Å²) in [5, 5.41) is 20.3. The Hall–Kier alpha value is -3.12. The average Bonchev–Trinajstić information content (AvgIpc) is 2.87. The van der Waals surface area contributed by atoms with Crippen molar-refractivity contribution in [2.24, 2.45) is 0 Å². The number of hydrogen-bond donors (Lipinski definition) is 2. The van der Waals surface area contributed by atoms with E-state index in [1.165, 1.54) is 0 Å². The Morgan fingerprint density at radius 3 is 2.19 bits per heavy atom. The molecule has 7 heteroatoms. The quantitative estimate of drug-likeness (QED) is 0.479. The Balaban J connectivity index is 2.19. The van der Waals surface area contributed by atoms with Gasteiger partial charge in [0.1, 0.15) is 12.3 Å². The van der Waals surface area contributed by atoms with Gasteiger partial charge in [-0.1, -0.05) is 53.6 Å². The number of aliphatic hydroxyl groups excluding tert-OH is 1. The van der Waals surface area contributed by atoms with Crippen LogP contribution in [0, 0.1) is 6.92 Å². The van der Waals surface area contributed by atoms with Gasteiger partial charge in [0.05, 0.1) is 11.6 Å². The zero-order chi connectivity index (χ0) is 19.7. The number of carboxylic acid groups (broad SMARTS) is 1. The van der Waals surface area contributed by atoms with Crippen LogP contribution in [-0.2, 0) is 14.4 Å². The number of hydrogen-bond acceptors (Lipinski definition) is 4. The number of carbonyl (C=O) groups excluding carboxylic acids is 2. The second-order valence-electron chi connectivity index (χ2n) is 6.24. The van der Waals surface area contributed by atoms with Crippen molar-refractivity contribution in [1.29, 1.82) is 0 Å². The zero-order valence-corrected chi connectivity index (χ0v) is 15.1. The van der Waals surface area contributed by atoms with Crippen LogP contribution in [0.3, 0.4) is 0 Å². The van der Waals surface area contributed by atoms with Gasteiger partial charge in [0.2, 0.25) is 0 Å². The summed E-state index contributed by atoms with van der Waals surface area (Å²) in [6.45, 7) is 1.21. The average molecular weight is 386 g/mol. The van der Waals surface area contributed by atoms with Crippen LogP contribution in [0.25, 0.3) is 5.76 Å². The topological polar surface area (TPSA) is 94.9 Å². The van der Waals surface area contributed by atoms with E-state index >= 15 is 0 Å². The molecule has 1 aliphatic rings. The van der Waals surface area contributed by atoms with Gasteiger partial charge in [0.15, 0.2) is 0 Å². The molecular formula is C20H16ClNO5. The highest BCUT2D eigenvalue weighted by atomic mass is 35.5. The molecule has 0 aromatic heterocycles. The molecule has 0 spiro atoms. The minimum Gasteiger partial charge on any atom is -0.507 e. The lowest BCUT2D eigenvalue weighted by Crippen LogP contribution is -2.34. The third-order valence-electron chi connectivity index (χ3n) is 4.36. The number of nitrogens with zero attached hydrogens (tertiary/aromatic N) is 1. The second kappa shape index (κ2) is 7.25. The molecule has 27 heavy (non-hydrogen) atoms. The molecule has 6 nitrogen and oxygen atoms in total. The van der Waals surface area contributed by atoms with E-state index in [-0.39, 0.29) is 11.3 Å². The summed E-state index contributed by atoms with van der Waals surface area (Å²) < 4.78 is 0. The van der Waals surface area contributed by atoms with Gasteiger partial charge in [-0.2, -0.15) is 0 Å². The minimum atomic E-state index is -1.26. The highest BCUT2D eigenvalue weighted by Gasteiger charge is 2.46. The normalized spacial score (nSPS) is 18.7. The van der Waals surface area contributed by atoms with Crippen molar-refractivity contribution in [3.8, 4) is 0 Å². The monoisotopic (exact) mass is 385 g/mol. The number of Topliss-reactive ketones (excluding diaryl/α,β-unsaturated/α-hetero) is 1. The summed E-state index contributed by atoms with van der Waals surface area (Å²) in [6.07, 6.45) is 0. The number of carboxylic acids is 1. The summed E-state index contributed by atoms with van der Waals surface area (Å²) >= 11 is 5.90. The lowest BCUT2D eigenvalue weighted by Gasteiger charge is -2.23. The predicted octanol–water partition coefficient (Wildman–Crippen LogP) is 3.15. The van der Waals surface area contributed by atoms with E-state index in [2.05, 4.69) is 0 Å². The molecule has 2 N–H and O–H groups in total. The van der Waals surface area contributed by atoms with Crippen LogP contribution in [0.5, 0.6) is 0 Å². The van der Waals surface area contributed by atoms with E-state index < -0.39 is 30.2 Å². The molecule has 1 saturated heterocycles. The first kappa shape index (κ1) is 18.7. The summed E-state index contributed by atoms with van der Waals surface area (Å²) in [5.41, 5.74) is 1.67. The van der Waals surface area contributed by atoms with Gasteiger partial charge in [-0.05, 0) is 24.6 Å². The van der Waals surface area contributed by atoms with E-state index in [1.807, 2.05) is 6.92 Å². The van der Waals surface area contributed by atoms with Gasteiger partial charge in [-0.25, -0.2) is 0 Å². The molecule has 0 aliphatic carbocycles. The lowest BCUT2D eigenvalue weighted by atomic mass is 9.95. The first-order valence-electron chi connectivity index (χ1n) is 8.12. The number of ketones is 1. The number of carbonyl (C=O) groups is 3. The van der Waals surface area contributed by atoms with Crippen LogP contribution in [0.1, 0.15) is 22.7 Å². The molecule has 138 valence electrons. The van der Waals surface area contributed by atoms with Crippen LogP contribution in [-0.4, -0.2) is 39.3 Å². The fourth-order valence-electron chi connectivity index (χ4n) is 3.05. The first-order chi connectivity index (χ1) is 12.8. The first-order valence-corrected chi connectivity index (χ1v) is 8.50. The third-order valence-corrected chi connectivity index (χ3v) is 4.61. The molecular weight excluding hydrogens is 370 g/mol. The standard InChI is InChI=1S/C20H16ClNO5/c1-11-2-4-13(5-3-11)18(25)16-17(12-6-8-14(21)9-7-12)22(10-15(23)24)20(27)19(16)26/h2-9,17,25H,10H2,1H3,(H,23,24)/t17-/m1/s1. The third kappa shape index (κ3) is 3.57. The lowest BCUT2D eigenvalue weighted by molar-refractivity contribution is -0.146. The van der Waals surface area contributed by atoms with Crippen LogP contribution < -0.4 is 0 Å². The van der Waals surface area contributed by atoms with Crippen molar-refractivity contribution in [2.45, 2.75) is 13.0 Å². The number of aliphatic hydroxyl groups is 1. The van der Waals surface area contributed by atoms with Gasteiger partial charge < -0.3 is 15.1 Å². The highest BCUT2D eigenvalue weighted by molar-refractivity contribution is 6.46. The van der Waals surface area contributed by atoms with Gasteiger partial charge >= 0.3 is 5.97 Å². The van der Waals surface area contributed by atoms with Gasteiger partial charge in [0, 0.05) is 10.6 Å². The van der Waals surface area contributed by atoms with Crippen molar-refractivity contribution in [2.75, 3.05) is 6.54 Å². The molecule has 0 unspecified atom stereocenters. The van der Waals surface area contributed by atoms with Gasteiger partial charge in [0.25, 0.3) is 11.7 Å². The summed E-state index contributed by atoms with van der Waals surface area (Å²) in [7, 11) is 0. The number of halogens is 1. The molecule has 1 heterocycles. The number of rotatable bonds is 4. The number of likely N-dealkylation sites (tertiary alicyclic amines) is 1. The minimum absolute atomic E-state index is 0.146. The molecule has 1 amide bonds. The van der Waals surface area contributed by atoms with E-state index in [4.69, 9.17) is 16.7 Å². The summed E-state index contributed by atoms with van der Waals surface area (Å²) in [6, 6.07) is 12.1. The zero-order valence-electron chi connectivity index (χ0n) is 14.3. The van der Waals surface area contributed by atoms with Crippen LogP contribution in [0.4, 0.5) is 0 Å². The highest BCUT2D eigenvalue weighted by Crippen LogP contribution is 2.39. The largest absolute Gasteiger partial charge is 0.507 e. The van der Waals surface area contributed by atoms with Crippen LogP contribution in [0.15, 0.2) is 54.1 Å². The summed E-state index contributed by atoms with van der Waals surface area (Å²) in [4.78, 5) is 37.2. The summed E-state index contributed by atoms with van der Waals surface area (Å²) in [5.74, 6) is -3.49. The van der Waals surface area contributed by atoms with Crippen LogP contribution >= 0.6 is 11.6 Å². The molecule has 2 aromatic rings. The Morgan fingerprint density at radius 2 is 1.63 bits per heavy atom. The van der Waals surface area contributed by atoms with Gasteiger partial charge in [-0.3, -0.25) is 14.4 Å². The molecule has 0 saturated carbocycles. The maximum absolute atomic E-state index is 12.6. The van der Waals surface area contributed by atoms with E-state index in [0.717, 1.165) is 10.5 Å². The Kier molecular flexibility index (Phi) is 5.01. The van der Waals surface area contributed by atoms with Crippen molar-refractivity contribution < 1.29 is 24.6 Å². The van der Waals surface area contributed by atoms with E-state index in [0.29, 0.717) is 16.1 Å². The van der Waals surface area contributed by atoms with Crippen LogP contribution in [0.2, 0.25) is 5.02 Å². The molecule has 1 fully saturated rings. The second-order valence-corrected chi connectivity index (χ2v) is 6.67. The number of benzene rings is 2. The maximum Gasteiger partial charge on any atom is 0.323 e. The molecule has 0 bridgehead atoms. The van der Waals surface area contributed by atoms with Crippen molar-refractivity contribution in [3.05, 3.63) is 75.8 Å². The Bertz CT molecular complexity index is 947. The van der Waals surface area contributed by atoms with E-state index in [1.54, 1.807) is 48.5 Å². The Morgan fingerprint density at radius 1 is 1.04 bits per heavy atom. The van der Waals surface area contributed by atoms with Gasteiger partial charge in [-0.15, -0.1) is 0 Å². The maximum atomic E-state index is 12.6. The fourth-order valence-corrected chi connectivity index (χ4v) is 3.17. The van der Waals surface area contributed by atoms with Crippen molar-refractivity contribution in [3.63, 3.8) is 0 Å². The fraction of sp³-hybridized carbons (Fsp3) is 0.150. The Labute approximate surface area is 160 Å².